The number of fused-ring (bicyclic) bond motifs is 1. The Morgan fingerprint density at radius 2 is 1.84 bits per heavy atom. The highest BCUT2D eigenvalue weighted by molar-refractivity contribution is 9.10. The number of rotatable bonds is 1. The van der Waals surface area contributed by atoms with E-state index in [-0.39, 0.29) is 0 Å². The number of halogens is 1. The fraction of sp³-hybridized carbons (Fsp3) is 0.250. The third-order valence-electron chi connectivity index (χ3n) is 3.54. The number of nitrogens with zero attached hydrogens (tertiary/aromatic N) is 1. The van der Waals surface area contributed by atoms with Crippen LogP contribution in [0.5, 0.6) is 0 Å². The largest absolute Gasteiger partial charge is 0.382 e. The van der Waals surface area contributed by atoms with Gasteiger partial charge in [-0.2, -0.15) is 0 Å². The predicted octanol–water partition coefficient (Wildman–Crippen LogP) is 4.63. The van der Waals surface area contributed by atoms with Crippen molar-refractivity contribution in [3.63, 3.8) is 0 Å². The van der Waals surface area contributed by atoms with Crippen molar-refractivity contribution in [2.75, 3.05) is 23.3 Å². The summed E-state index contributed by atoms with van der Waals surface area (Å²) in [5.74, 6) is 0. The van der Waals surface area contributed by atoms with Crippen molar-refractivity contribution >= 4 is 33.0 Å². The van der Waals surface area contributed by atoms with Crippen LogP contribution in [0.2, 0.25) is 0 Å². The molecule has 19 heavy (non-hydrogen) atoms. The Morgan fingerprint density at radius 1 is 1.05 bits per heavy atom. The van der Waals surface area contributed by atoms with E-state index in [4.69, 9.17) is 0 Å². The topological polar surface area (TPSA) is 15.3 Å². The summed E-state index contributed by atoms with van der Waals surface area (Å²) in [4.78, 5) is 2.40. The molecule has 2 aromatic rings. The van der Waals surface area contributed by atoms with E-state index in [1.165, 1.54) is 28.2 Å². The molecule has 1 aliphatic rings. The smallest absolute Gasteiger partial charge is 0.0648 e. The van der Waals surface area contributed by atoms with Gasteiger partial charge in [0.2, 0.25) is 0 Å². The molecular formula is C16H17BrN2. The third kappa shape index (κ3) is 2.35. The van der Waals surface area contributed by atoms with Gasteiger partial charge in [-0.15, -0.1) is 0 Å². The first-order valence-electron chi connectivity index (χ1n) is 6.53. The van der Waals surface area contributed by atoms with Gasteiger partial charge >= 0.3 is 0 Å². The van der Waals surface area contributed by atoms with Gasteiger partial charge in [-0.05, 0) is 43.7 Å². The zero-order valence-corrected chi connectivity index (χ0v) is 12.8. The van der Waals surface area contributed by atoms with Crippen molar-refractivity contribution in [3.05, 3.63) is 52.0 Å². The van der Waals surface area contributed by atoms with Crippen LogP contribution in [0.3, 0.4) is 0 Å². The summed E-state index contributed by atoms with van der Waals surface area (Å²) >= 11 is 3.53. The van der Waals surface area contributed by atoms with Crippen LogP contribution in [0.15, 0.2) is 40.9 Å². The van der Waals surface area contributed by atoms with Crippen LogP contribution in [-0.4, -0.2) is 13.1 Å². The Hall–Kier alpha value is -1.48. The highest BCUT2D eigenvalue weighted by Crippen LogP contribution is 2.37. The average Bonchev–Trinajstić information content (AvgIpc) is 2.38. The lowest BCUT2D eigenvalue weighted by atomic mass is 10.1. The van der Waals surface area contributed by atoms with E-state index in [9.17, 15) is 0 Å². The molecule has 1 N–H and O–H groups in total. The second-order valence-corrected chi connectivity index (χ2v) is 5.95. The van der Waals surface area contributed by atoms with Crippen LogP contribution in [0.25, 0.3) is 0 Å². The third-order valence-corrected chi connectivity index (χ3v) is 4.04. The summed E-state index contributed by atoms with van der Waals surface area (Å²) < 4.78 is 1.11. The fourth-order valence-electron chi connectivity index (χ4n) is 2.67. The number of anilines is 3. The van der Waals surface area contributed by atoms with Crippen molar-refractivity contribution in [2.24, 2.45) is 0 Å². The molecule has 0 aliphatic carbocycles. The van der Waals surface area contributed by atoms with Gasteiger partial charge in [0.05, 0.1) is 11.4 Å². The number of benzene rings is 2. The van der Waals surface area contributed by atoms with Gasteiger partial charge in [0.15, 0.2) is 0 Å². The molecule has 2 aromatic carbocycles. The zero-order valence-electron chi connectivity index (χ0n) is 11.2. The van der Waals surface area contributed by atoms with E-state index in [1.54, 1.807) is 0 Å². The van der Waals surface area contributed by atoms with Gasteiger partial charge in [0.1, 0.15) is 0 Å². The lowest BCUT2D eigenvalue weighted by molar-refractivity contribution is 0.921. The molecule has 0 amide bonds. The van der Waals surface area contributed by atoms with Crippen LogP contribution in [0.4, 0.5) is 17.1 Å². The predicted molar refractivity (Wildman–Crippen MR) is 85.6 cm³/mol. The quantitative estimate of drug-likeness (QED) is 0.825. The van der Waals surface area contributed by atoms with E-state index in [0.717, 1.165) is 17.6 Å². The molecule has 0 spiro atoms. The molecule has 1 aliphatic heterocycles. The van der Waals surface area contributed by atoms with Crippen LogP contribution in [-0.2, 0) is 0 Å². The molecule has 1 heterocycles. The van der Waals surface area contributed by atoms with Gasteiger partial charge in [0, 0.05) is 23.2 Å². The Morgan fingerprint density at radius 3 is 2.63 bits per heavy atom. The second kappa shape index (κ2) is 4.89. The van der Waals surface area contributed by atoms with Gasteiger partial charge in [-0.3, -0.25) is 0 Å². The Kier molecular flexibility index (Phi) is 3.23. The summed E-state index contributed by atoms with van der Waals surface area (Å²) in [7, 11) is 0. The minimum Gasteiger partial charge on any atom is -0.382 e. The van der Waals surface area contributed by atoms with E-state index in [1.807, 2.05) is 0 Å². The molecule has 3 heteroatoms. The maximum absolute atomic E-state index is 3.53. The van der Waals surface area contributed by atoms with E-state index < -0.39 is 0 Å². The standard InChI is InChI=1S/C16H17BrN2/c1-11-3-5-15(12(2)9-11)19-8-7-18-14-10-13(17)4-6-16(14)19/h3-6,9-10,18H,7-8H2,1-2H3. The average molecular weight is 317 g/mol. The van der Waals surface area contributed by atoms with E-state index >= 15 is 0 Å². The first-order chi connectivity index (χ1) is 9.15. The molecule has 0 saturated carbocycles. The summed E-state index contributed by atoms with van der Waals surface area (Å²) in [6.45, 7) is 6.29. The van der Waals surface area contributed by atoms with Crippen molar-refractivity contribution in [3.8, 4) is 0 Å². The second-order valence-electron chi connectivity index (χ2n) is 5.03. The minimum atomic E-state index is 0.969. The SMILES string of the molecule is Cc1ccc(N2CCNc3cc(Br)ccc32)c(C)c1. The first kappa shape index (κ1) is 12.5. The molecule has 0 radical (unpaired) electrons. The molecule has 98 valence electrons. The minimum absolute atomic E-state index is 0.969. The molecule has 3 rings (SSSR count). The van der Waals surface area contributed by atoms with Crippen molar-refractivity contribution < 1.29 is 0 Å². The zero-order chi connectivity index (χ0) is 13.4. The van der Waals surface area contributed by atoms with Crippen molar-refractivity contribution in [1.29, 1.82) is 0 Å². The first-order valence-corrected chi connectivity index (χ1v) is 7.33. The highest BCUT2D eigenvalue weighted by Gasteiger charge is 2.19. The van der Waals surface area contributed by atoms with Gasteiger partial charge < -0.3 is 10.2 Å². The molecule has 0 aromatic heterocycles. The van der Waals surface area contributed by atoms with Crippen molar-refractivity contribution in [1.82, 2.24) is 0 Å². The highest BCUT2D eigenvalue weighted by atomic mass is 79.9. The van der Waals surface area contributed by atoms with Crippen LogP contribution in [0.1, 0.15) is 11.1 Å². The molecule has 2 nitrogen and oxygen atoms in total. The molecule has 0 bridgehead atoms. The van der Waals surface area contributed by atoms with Gasteiger partial charge in [-0.25, -0.2) is 0 Å². The van der Waals surface area contributed by atoms with E-state index in [2.05, 4.69) is 76.4 Å². The summed E-state index contributed by atoms with van der Waals surface area (Å²) in [6.07, 6.45) is 0. The van der Waals surface area contributed by atoms with Gasteiger partial charge in [0.25, 0.3) is 0 Å². The summed E-state index contributed by atoms with van der Waals surface area (Å²) in [5.41, 5.74) is 6.39. The van der Waals surface area contributed by atoms with Gasteiger partial charge in [-0.1, -0.05) is 33.6 Å². The number of hydrogen-bond acceptors (Lipinski definition) is 2. The van der Waals surface area contributed by atoms with Crippen LogP contribution >= 0.6 is 15.9 Å². The molecule has 0 unspecified atom stereocenters. The monoisotopic (exact) mass is 316 g/mol. The Labute approximate surface area is 122 Å². The van der Waals surface area contributed by atoms with Crippen LogP contribution < -0.4 is 10.2 Å². The normalized spacial score (nSPS) is 13.9. The van der Waals surface area contributed by atoms with E-state index in [0.29, 0.717) is 0 Å². The molecule has 0 fully saturated rings. The maximum atomic E-state index is 3.53. The Balaban J connectivity index is 2.08. The molecular weight excluding hydrogens is 300 g/mol. The number of nitrogens with one attached hydrogen (secondary N) is 1. The number of aryl methyl sites for hydroxylation is 2. The number of hydrogen-bond donors (Lipinski definition) is 1. The lowest BCUT2D eigenvalue weighted by Crippen LogP contribution is -2.30. The summed E-state index contributed by atoms with van der Waals surface area (Å²) in [6, 6.07) is 13.1. The van der Waals surface area contributed by atoms with Crippen LogP contribution in [0, 0.1) is 13.8 Å². The fourth-order valence-corrected chi connectivity index (χ4v) is 3.03. The lowest BCUT2D eigenvalue weighted by Gasteiger charge is -2.33. The Bertz CT molecular complexity index is 622. The molecule has 0 saturated heterocycles. The maximum Gasteiger partial charge on any atom is 0.0648 e. The summed E-state index contributed by atoms with van der Waals surface area (Å²) in [5, 5.41) is 3.46. The molecule has 0 atom stereocenters. The van der Waals surface area contributed by atoms with Crippen molar-refractivity contribution in [2.45, 2.75) is 13.8 Å².